The molecule has 0 unspecified atom stereocenters. The second kappa shape index (κ2) is 8.10. The molecule has 0 saturated heterocycles. The van der Waals surface area contributed by atoms with E-state index in [1.54, 1.807) is 37.3 Å². The Morgan fingerprint density at radius 3 is 2.32 bits per heavy atom. The highest BCUT2D eigenvalue weighted by Gasteiger charge is 2.21. The van der Waals surface area contributed by atoms with Crippen LogP contribution in [0.3, 0.4) is 0 Å². The zero-order valence-electron chi connectivity index (χ0n) is 14.2. The van der Waals surface area contributed by atoms with Gasteiger partial charge in [-0.3, -0.25) is 4.79 Å². The van der Waals surface area contributed by atoms with Crippen molar-refractivity contribution in [3.05, 3.63) is 53.1 Å². The van der Waals surface area contributed by atoms with Crippen LogP contribution in [0.1, 0.15) is 28.4 Å². The number of rotatable bonds is 6. The summed E-state index contributed by atoms with van der Waals surface area (Å²) in [5.74, 6) is -0.461. The number of esters is 2. The van der Waals surface area contributed by atoms with Crippen LogP contribution in [0.25, 0.3) is 0 Å². The van der Waals surface area contributed by atoms with E-state index in [-0.39, 0.29) is 17.9 Å². The molecule has 0 bridgehead atoms. The van der Waals surface area contributed by atoms with Crippen LogP contribution in [-0.4, -0.2) is 25.3 Å². The van der Waals surface area contributed by atoms with Crippen molar-refractivity contribution in [1.29, 1.82) is 0 Å². The van der Waals surface area contributed by atoms with Gasteiger partial charge in [0, 0.05) is 30.5 Å². The van der Waals surface area contributed by atoms with E-state index in [0.717, 1.165) is 0 Å². The lowest BCUT2D eigenvalue weighted by Crippen LogP contribution is -2.12. The van der Waals surface area contributed by atoms with Gasteiger partial charge in [-0.2, -0.15) is 0 Å². The molecule has 0 amide bonds. The van der Waals surface area contributed by atoms with Gasteiger partial charge in [-0.25, -0.2) is 4.79 Å². The number of aldehydes is 1. The average molecular weight is 342 g/mol. The van der Waals surface area contributed by atoms with Gasteiger partial charge in [0.2, 0.25) is 0 Å². The normalized spacial score (nSPS) is 10.0. The monoisotopic (exact) mass is 342 g/mol. The lowest BCUT2D eigenvalue weighted by molar-refractivity contribution is -0.131. The topological polar surface area (TPSA) is 78.9 Å². The number of ether oxygens (including phenoxy) is 3. The molecule has 0 radical (unpaired) electrons. The number of carbonyl (C=O) groups is 3. The number of benzene rings is 2. The summed E-state index contributed by atoms with van der Waals surface area (Å²) in [4.78, 5) is 34.7. The summed E-state index contributed by atoms with van der Waals surface area (Å²) in [7, 11) is 1.43. The first-order chi connectivity index (χ1) is 12.0. The molecule has 2 aromatic carbocycles. The van der Waals surface area contributed by atoms with Crippen LogP contribution in [0.4, 0.5) is 0 Å². The fourth-order valence-electron chi connectivity index (χ4n) is 2.40. The molecule has 0 aromatic heterocycles. The molecule has 6 nitrogen and oxygen atoms in total. The second-order valence-electron chi connectivity index (χ2n) is 5.23. The number of carbonyl (C=O) groups excluding carboxylic acids is 3. The smallest absolute Gasteiger partial charge is 0.343 e. The predicted octanol–water partition coefficient (Wildman–Crippen LogP) is 2.89. The van der Waals surface area contributed by atoms with Crippen molar-refractivity contribution >= 4 is 18.2 Å². The quantitative estimate of drug-likeness (QED) is 0.456. The van der Waals surface area contributed by atoms with Crippen molar-refractivity contribution in [2.24, 2.45) is 0 Å². The molecule has 0 aliphatic heterocycles. The molecule has 2 aromatic rings. The first-order valence-electron chi connectivity index (χ1n) is 7.57. The molecule has 0 heterocycles. The van der Waals surface area contributed by atoms with Crippen LogP contribution >= 0.6 is 0 Å². The average Bonchev–Trinajstić information content (AvgIpc) is 2.59. The summed E-state index contributed by atoms with van der Waals surface area (Å²) in [5, 5.41) is 0. The Morgan fingerprint density at radius 2 is 1.76 bits per heavy atom. The SMILES string of the molecule is COc1c(C)c(OC(C)=O)cc(OC(=O)c2ccccc2)c1CC=O. The standard InChI is InChI=1S/C19H18O6/c1-12-16(24-13(2)21)11-17(15(9-10-20)18(12)23-3)25-19(22)14-7-5-4-6-8-14/h4-8,10-11H,9H2,1-3H3. The van der Waals surface area contributed by atoms with Gasteiger partial charge >= 0.3 is 11.9 Å². The molecule has 130 valence electrons. The summed E-state index contributed by atoms with van der Waals surface area (Å²) < 4.78 is 15.9. The lowest BCUT2D eigenvalue weighted by atomic mass is 10.0. The van der Waals surface area contributed by atoms with E-state index in [1.807, 2.05) is 0 Å². The van der Waals surface area contributed by atoms with Gasteiger partial charge in [0.05, 0.1) is 12.7 Å². The van der Waals surface area contributed by atoms with Crippen molar-refractivity contribution in [2.45, 2.75) is 20.3 Å². The molecule has 0 aliphatic rings. The largest absolute Gasteiger partial charge is 0.496 e. The molecule has 25 heavy (non-hydrogen) atoms. The van der Waals surface area contributed by atoms with Crippen LogP contribution < -0.4 is 14.2 Å². The Balaban J connectivity index is 2.51. The molecule has 0 saturated carbocycles. The van der Waals surface area contributed by atoms with E-state index in [2.05, 4.69) is 0 Å². The summed E-state index contributed by atoms with van der Waals surface area (Å²) >= 11 is 0. The number of hydrogen-bond acceptors (Lipinski definition) is 6. The van der Waals surface area contributed by atoms with Gasteiger partial charge in [-0.1, -0.05) is 18.2 Å². The molecule has 0 fully saturated rings. The van der Waals surface area contributed by atoms with Crippen LogP contribution in [0.2, 0.25) is 0 Å². The Labute approximate surface area is 145 Å². The van der Waals surface area contributed by atoms with E-state index in [0.29, 0.717) is 28.7 Å². The summed E-state index contributed by atoms with van der Waals surface area (Å²) in [6, 6.07) is 9.84. The third-order valence-electron chi connectivity index (χ3n) is 3.50. The second-order valence-corrected chi connectivity index (χ2v) is 5.23. The number of methoxy groups -OCH3 is 1. The highest BCUT2D eigenvalue weighted by molar-refractivity contribution is 5.91. The van der Waals surface area contributed by atoms with Gasteiger partial charge < -0.3 is 19.0 Å². The van der Waals surface area contributed by atoms with Crippen LogP contribution in [0.15, 0.2) is 36.4 Å². The van der Waals surface area contributed by atoms with Gasteiger partial charge in [0.15, 0.2) is 0 Å². The Morgan fingerprint density at radius 1 is 1.08 bits per heavy atom. The first kappa shape index (κ1) is 18.2. The molecule has 0 N–H and O–H groups in total. The van der Waals surface area contributed by atoms with E-state index in [1.165, 1.54) is 20.1 Å². The van der Waals surface area contributed by atoms with E-state index < -0.39 is 11.9 Å². The van der Waals surface area contributed by atoms with Gasteiger partial charge in [-0.05, 0) is 19.1 Å². The van der Waals surface area contributed by atoms with Crippen molar-refractivity contribution in [1.82, 2.24) is 0 Å². The molecule has 6 heteroatoms. The Kier molecular flexibility index (Phi) is 5.89. The highest BCUT2D eigenvalue weighted by atomic mass is 16.5. The maximum atomic E-state index is 12.3. The first-order valence-corrected chi connectivity index (χ1v) is 7.57. The maximum Gasteiger partial charge on any atom is 0.343 e. The number of hydrogen-bond donors (Lipinski definition) is 0. The fourth-order valence-corrected chi connectivity index (χ4v) is 2.40. The minimum atomic E-state index is -0.590. The van der Waals surface area contributed by atoms with Gasteiger partial charge in [0.25, 0.3) is 0 Å². The molecule has 0 atom stereocenters. The van der Waals surface area contributed by atoms with Crippen molar-refractivity contribution in [2.75, 3.05) is 7.11 Å². The Hall–Kier alpha value is -3.15. The molecular weight excluding hydrogens is 324 g/mol. The lowest BCUT2D eigenvalue weighted by Gasteiger charge is -2.17. The molecule has 0 aliphatic carbocycles. The van der Waals surface area contributed by atoms with Gasteiger partial charge in [-0.15, -0.1) is 0 Å². The van der Waals surface area contributed by atoms with Crippen LogP contribution in [0, 0.1) is 6.92 Å². The minimum absolute atomic E-state index is 0.0121. The van der Waals surface area contributed by atoms with Gasteiger partial charge in [0.1, 0.15) is 23.5 Å². The summed E-state index contributed by atoms with van der Waals surface area (Å²) in [5.41, 5.74) is 1.30. The van der Waals surface area contributed by atoms with E-state index in [9.17, 15) is 14.4 Å². The predicted molar refractivity (Wildman–Crippen MR) is 90.2 cm³/mol. The third kappa shape index (κ3) is 4.23. The van der Waals surface area contributed by atoms with Crippen molar-refractivity contribution in [3.8, 4) is 17.2 Å². The molecular formula is C19H18O6. The molecule has 2 rings (SSSR count). The van der Waals surface area contributed by atoms with Crippen LogP contribution in [-0.2, 0) is 16.0 Å². The molecule has 0 spiro atoms. The van der Waals surface area contributed by atoms with Crippen molar-refractivity contribution < 1.29 is 28.6 Å². The highest BCUT2D eigenvalue weighted by Crippen LogP contribution is 2.39. The Bertz CT molecular complexity index is 795. The maximum absolute atomic E-state index is 12.3. The summed E-state index contributed by atoms with van der Waals surface area (Å²) in [6.07, 6.45) is 0.671. The summed E-state index contributed by atoms with van der Waals surface area (Å²) in [6.45, 7) is 2.95. The fraction of sp³-hybridized carbons (Fsp3) is 0.211. The van der Waals surface area contributed by atoms with Crippen LogP contribution in [0.5, 0.6) is 17.2 Å². The third-order valence-corrected chi connectivity index (χ3v) is 3.50. The van der Waals surface area contributed by atoms with E-state index in [4.69, 9.17) is 14.2 Å². The van der Waals surface area contributed by atoms with E-state index >= 15 is 0 Å². The zero-order chi connectivity index (χ0) is 18.4. The minimum Gasteiger partial charge on any atom is -0.496 e. The zero-order valence-corrected chi connectivity index (χ0v) is 14.2. The van der Waals surface area contributed by atoms with Crippen molar-refractivity contribution in [3.63, 3.8) is 0 Å².